The van der Waals surface area contributed by atoms with Crippen LogP contribution in [0.5, 0.6) is 0 Å². The third kappa shape index (κ3) is 0.916. The van der Waals surface area contributed by atoms with Crippen LogP contribution in [0.1, 0.15) is 6.42 Å². The molecule has 0 aliphatic carbocycles. The third-order valence-electron chi connectivity index (χ3n) is 1.36. The van der Waals surface area contributed by atoms with E-state index in [1.54, 1.807) is 0 Å². The molecule has 0 radical (unpaired) electrons. The summed E-state index contributed by atoms with van der Waals surface area (Å²) in [5.41, 5.74) is 0. The molecule has 1 rings (SSSR count). The second-order valence-corrected chi connectivity index (χ2v) is 2.28. The molecule has 1 aliphatic rings. The van der Waals surface area contributed by atoms with E-state index in [-0.39, 0.29) is 0 Å². The smallest absolute Gasteiger partial charge is 0.168 e. The van der Waals surface area contributed by atoms with Gasteiger partial charge in [-0.05, 0) is 18.6 Å². The monoisotopic (exact) mass is 130 g/mol. The lowest BCUT2D eigenvalue weighted by atomic mass is 10.2. The van der Waals surface area contributed by atoms with E-state index in [0.29, 0.717) is 0 Å². The fourth-order valence-electron chi connectivity index (χ4n) is 0.677. The van der Waals surface area contributed by atoms with Gasteiger partial charge in [-0.15, -0.1) is 0 Å². The molecule has 0 aromatic carbocycles. The number of nitrogens with zero attached hydrogens (tertiary/aromatic N) is 1. The van der Waals surface area contributed by atoms with Gasteiger partial charge in [0.25, 0.3) is 0 Å². The van der Waals surface area contributed by atoms with E-state index in [4.69, 9.17) is 12.2 Å². The van der Waals surface area contributed by atoms with Crippen LogP contribution in [0.3, 0.4) is 0 Å². The van der Waals surface area contributed by atoms with Gasteiger partial charge in [-0.1, -0.05) is 0 Å². The predicted octanol–water partition coefficient (Wildman–Crippen LogP) is 0.196. The maximum absolute atomic E-state index is 4.94. The first-order valence-electron chi connectivity index (χ1n) is 2.81. The van der Waals surface area contributed by atoms with E-state index in [2.05, 4.69) is 10.2 Å². The molecule has 0 bridgehead atoms. The van der Waals surface area contributed by atoms with E-state index in [1.165, 1.54) is 6.42 Å². The Bertz CT molecular complexity index is 98.6. The molecule has 1 N–H and O–H groups in total. The van der Waals surface area contributed by atoms with Gasteiger partial charge in [0.05, 0.1) is 0 Å². The normalized spacial score (nSPS) is 17.4. The minimum atomic E-state index is 0.885. The summed E-state index contributed by atoms with van der Waals surface area (Å²) in [5, 5.41) is 3.81. The zero-order valence-electron chi connectivity index (χ0n) is 4.98. The maximum Gasteiger partial charge on any atom is 0.168 e. The van der Waals surface area contributed by atoms with E-state index < -0.39 is 0 Å². The number of thiocarbonyl (C=S) groups is 1. The highest BCUT2D eigenvalue weighted by molar-refractivity contribution is 7.80. The second kappa shape index (κ2) is 2.31. The molecule has 46 valence electrons. The fourth-order valence-corrected chi connectivity index (χ4v) is 0.860. The van der Waals surface area contributed by atoms with Crippen LogP contribution in [0, 0.1) is 0 Å². The molecule has 0 spiro atoms. The molecule has 2 nitrogen and oxygen atoms in total. The molecular weight excluding hydrogens is 120 g/mol. The number of likely N-dealkylation sites (tertiary alicyclic amines) is 1. The van der Waals surface area contributed by atoms with Crippen molar-refractivity contribution in [3.8, 4) is 0 Å². The largest absolute Gasteiger partial charge is 0.366 e. The zero-order chi connectivity index (χ0) is 5.98. The summed E-state index contributed by atoms with van der Waals surface area (Å²) in [6.45, 7) is 2.28. The van der Waals surface area contributed by atoms with Crippen LogP contribution < -0.4 is 5.32 Å². The maximum atomic E-state index is 4.94. The average molecular weight is 130 g/mol. The predicted molar refractivity (Wildman–Crippen MR) is 37.8 cm³/mol. The Balaban J connectivity index is 2.24. The van der Waals surface area contributed by atoms with Crippen molar-refractivity contribution in [3.05, 3.63) is 0 Å². The summed E-state index contributed by atoms with van der Waals surface area (Å²) >= 11 is 4.94. The Hall–Kier alpha value is -0.310. The molecule has 0 amide bonds. The first-order chi connectivity index (χ1) is 3.84. The Labute approximate surface area is 54.9 Å². The zero-order valence-corrected chi connectivity index (χ0v) is 5.79. The van der Waals surface area contributed by atoms with Crippen molar-refractivity contribution < 1.29 is 0 Å². The molecule has 3 heteroatoms. The first kappa shape index (κ1) is 5.82. The summed E-state index contributed by atoms with van der Waals surface area (Å²) in [5.74, 6) is 0. The van der Waals surface area contributed by atoms with Gasteiger partial charge in [-0.2, -0.15) is 0 Å². The van der Waals surface area contributed by atoms with Crippen LogP contribution in [0.4, 0.5) is 0 Å². The molecule has 1 heterocycles. The minimum absolute atomic E-state index is 0.885. The van der Waals surface area contributed by atoms with E-state index in [1.807, 2.05) is 7.05 Å². The van der Waals surface area contributed by atoms with Crippen molar-refractivity contribution in [2.45, 2.75) is 6.42 Å². The molecule has 0 saturated carbocycles. The van der Waals surface area contributed by atoms with Gasteiger partial charge in [-0.25, -0.2) is 0 Å². The van der Waals surface area contributed by atoms with Crippen LogP contribution in [-0.2, 0) is 0 Å². The molecule has 0 unspecified atom stereocenters. The van der Waals surface area contributed by atoms with Crippen LogP contribution >= 0.6 is 12.2 Å². The number of hydrogen-bond donors (Lipinski definition) is 1. The highest BCUT2D eigenvalue weighted by Gasteiger charge is 2.14. The Morgan fingerprint density at radius 2 is 2.25 bits per heavy atom. The van der Waals surface area contributed by atoms with Crippen LogP contribution in [0.25, 0.3) is 0 Å². The van der Waals surface area contributed by atoms with Crippen molar-refractivity contribution in [1.29, 1.82) is 0 Å². The van der Waals surface area contributed by atoms with Gasteiger partial charge < -0.3 is 10.2 Å². The summed E-state index contributed by atoms with van der Waals surface area (Å²) in [6, 6.07) is 0. The van der Waals surface area contributed by atoms with Gasteiger partial charge in [0.2, 0.25) is 0 Å². The molecule has 0 aromatic rings. The van der Waals surface area contributed by atoms with Crippen LogP contribution in [0.2, 0.25) is 0 Å². The molecule has 1 saturated heterocycles. The lowest BCUT2D eigenvalue weighted by Crippen LogP contribution is -2.46. The van der Waals surface area contributed by atoms with E-state index in [9.17, 15) is 0 Å². The van der Waals surface area contributed by atoms with Crippen molar-refractivity contribution in [3.63, 3.8) is 0 Å². The Kier molecular flexibility index (Phi) is 1.68. The van der Waals surface area contributed by atoms with Crippen molar-refractivity contribution >= 4 is 17.3 Å². The number of hydrogen-bond acceptors (Lipinski definition) is 1. The highest BCUT2D eigenvalue weighted by Crippen LogP contribution is 2.04. The summed E-state index contributed by atoms with van der Waals surface area (Å²) < 4.78 is 0. The second-order valence-electron chi connectivity index (χ2n) is 1.90. The van der Waals surface area contributed by atoms with Crippen LogP contribution in [-0.4, -0.2) is 30.1 Å². The highest BCUT2D eigenvalue weighted by atomic mass is 32.1. The third-order valence-corrected chi connectivity index (χ3v) is 1.82. The minimum Gasteiger partial charge on any atom is -0.366 e. The average Bonchev–Trinajstić information content (AvgIpc) is 1.62. The molecular formula is C5H10N2S. The fraction of sp³-hybridized carbons (Fsp3) is 0.800. The van der Waals surface area contributed by atoms with Gasteiger partial charge in [0.1, 0.15) is 0 Å². The molecule has 0 atom stereocenters. The van der Waals surface area contributed by atoms with Gasteiger partial charge in [0.15, 0.2) is 5.11 Å². The topological polar surface area (TPSA) is 15.3 Å². The van der Waals surface area contributed by atoms with Crippen LogP contribution in [0.15, 0.2) is 0 Å². The van der Waals surface area contributed by atoms with Gasteiger partial charge in [-0.3, -0.25) is 0 Å². The Morgan fingerprint density at radius 3 is 2.38 bits per heavy atom. The van der Waals surface area contributed by atoms with Gasteiger partial charge >= 0.3 is 0 Å². The van der Waals surface area contributed by atoms with Crippen molar-refractivity contribution in [2.75, 3.05) is 20.1 Å². The van der Waals surface area contributed by atoms with Gasteiger partial charge in [0, 0.05) is 20.1 Å². The quantitative estimate of drug-likeness (QED) is 0.471. The first-order valence-corrected chi connectivity index (χ1v) is 3.22. The Morgan fingerprint density at radius 1 is 1.62 bits per heavy atom. The lowest BCUT2D eigenvalue weighted by molar-refractivity contribution is 0.298. The van der Waals surface area contributed by atoms with Crippen molar-refractivity contribution in [2.24, 2.45) is 0 Å². The molecule has 1 fully saturated rings. The summed E-state index contributed by atoms with van der Waals surface area (Å²) in [4.78, 5) is 2.15. The summed E-state index contributed by atoms with van der Waals surface area (Å²) in [6.07, 6.45) is 1.29. The molecule has 1 aliphatic heterocycles. The molecule has 8 heavy (non-hydrogen) atoms. The SMILES string of the molecule is CNC(=S)N1CCC1. The molecule has 0 aromatic heterocycles. The number of rotatable bonds is 0. The van der Waals surface area contributed by atoms with E-state index in [0.717, 1.165) is 18.2 Å². The van der Waals surface area contributed by atoms with Crippen molar-refractivity contribution in [1.82, 2.24) is 10.2 Å². The van der Waals surface area contributed by atoms with E-state index >= 15 is 0 Å². The standard InChI is InChI=1S/C5H10N2S/c1-6-5(8)7-3-2-4-7/h2-4H2,1H3,(H,6,8). The number of nitrogens with one attached hydrogen (secondary N) is 1. The lowest BCUT2D eigenvalue weighted by Gasteiger charge is -2.32. The summed E-state index contributed by atoms with van der Waals surface area (Å²) in [7, 11) is 1.86.